The van der Waals surface area contributed by atoms with Crippen LogP contribution in [-0.4, -0.2) is 66.3 Å². The highest BCUT2D eigenvalue weighted by Gasteiger charge is 2.54. The molecule has 2 amide bonds. The Labute approximate surface area is 189 Å². The molecule has 0 bridgehead atoms. The number of likely N-dealkylation sites (tertiary alicyclic amines) is 2. The molecule has 2 aliphatic rings. The maximum Gasteiger partial charge on any atom is 0.410 e. The molecule has 2 saturated heterocycles. The van der Waals surface area contributed by atoms with Crippen molar-refractivity contribution in [1.82, 2.24) is 9.80 Å². The van der Waals surface area contributed by atoms with Crippen LogP contribution >= 0.6 is 0 Å². The number of nitrogens with zero attached hydrogens (tertiary/aromatic N) is 2. The molecule has 0 aliphatic carbocycles. The molecule has 1 spiro atoms. The Hall–Kier alpha value is -2.77. The maximum absolute atomic E-state index is 12.8. The normalized spacial score (nSPS) is 20.2. The van der Waals surface area contributed by atoms with Crippen molar-refractivity contribution < 1.29 is 28.6 Å². The number of carbonyl (C=O) groups is 3. The van der Waals surface area contributed by atoms with Crippen molar-refractivity contribution in [2.45, 2.75) is 52.7 Å². The van der Waals surface area contributed by atoms with Gasteiger partial charge in [-0.15, -0.1) is 0 Å². The Kier molecular flexibility index (Phi) is 7.31. The number of amides is 2. The lowest BCUT2D eigenvalue weighted by Gasteiger charge is -2.41. The SMILES string of the molecule is CCOC(=O)[C@@H]1CN(C(=O)OCc2ccccc2)CC12CCN(C(=O)OC(C)(C)C)CC2. The predicted molar refractivity (Wildman–Crippen MR) is 118 cm³/mol. The molecule has 1 aromatic rings. The van der Waals surface area contributed by atoms with E-state index in [1.807, 2.05) is 51.1 Å². The molecular weight excluding hydrogens is 412 g/mol. The molecule has 2 aliphatic heterocycles. The van der Waals surface area contributed by atoms with Gasteiger partial charge in [0.2, 0.25) is 0 Å². The van der Waals surface area contributed by atoms with Gasteiger partial charge in [0.25, 0.3) is 0 Å². The Morgan fingerprint density at radius 2 is 1.66 bits per heavy atom. The van der Waals surface area contributed by atoms with Gasteiger partial charge in [-0.25, -0.2) is 9.59 Å². The topological polar surface area (TPSA) is 85.4 Å². The van der Waals surface area contributed by atoms with E-state index in [1.165, 1.54) is 0 Å². The summed E-state index contributed by atoms with van der Waals surface area (Å²) in [6, 6.07) is 9.48. The summed E-state index contributed by atoms with van der Waals surface area (Å²) < 4.78 is 16.3. The van der Waals surface area contributed by atoms with E-state index in [4.69, 9.17) is 14.2 Å². The first-order valence-electron chi connectivity index (χ1n) is 11.2. The molecule has 0 unspecified atom stereocenters. The van der Waals surface area contributed by atoms with Gasteiger partial charge in [0.05, 0.1) is 12.5 Å². The molecule has 8 heteroatoms. The largest absolute Gasteiger partial charge is 0.466 e. The monoisotopic (exact) mass is 446 g/mol. The molecule has 2 fully saturated rings. The van der Waals surface area contributed by atoms with Crippen LogP contribution in [0.4, 0.5) is 9.59 Å². The molecule has 0 N–H and O–H groups in total. The van der Waals surface area contributed by atoms with Crippen molar-refractivity contribution in [1.29, 1.82) is 0 Å². The fraction of sp³-hybridized carbons (Fsp3) is 0.625. The number of hydrogen-bond acceptors (Lipinski definition) is 6. The van der Waals surface area contributed by atoms with Crippen molar-refractivity contribution in [2.24, 2.45) is 11.3 Å². The Morgan fingerprint density at radius 3 is 2.25 bits per heavy atom. The number of esters is 1. The van der Waals surface area contributed by atoms with Gasteiger partial charge in [0.15, 0.2) is 0 Å². The first kappa shape index (κ1) is 23.9. The van der Waals surface area contributed by atoms with Crippen LogP contribution in [-0.2, 0) is 25.6 Å². The second kappa shape index (κ2) is 9.79. The molecule has 0 radical (unpaired) electrons. The third-order valence-electron chi connectivity index (χ3n) is 6.09. The average Bonchev–Trinajstić information content (AvgIpc) is 3.11. The van der Waals surface area contributed by atoms with Gasteiger partial charge in [0, 0.05) is 31.6 Å². The predicted octanol–water partition coefficient (Wildman–Crippen LogP) is 3.84. The minimum absolute atomic E-state index is 0.180. The summed E-state index contributed by atoms with van der Waals surface area (Å²) in [5.74, 6) is -0.732. The number of carbonyl (C=O) groups excluding carboxylic acids is 3. The number of rotatable bonds is 4. The summed E-state index contributed by atoms with van der Waals surface area (Å²) >= 11 is 0. The van der Waals surface area contributed by atoms with Crippen LogP contribution in [0, 0.1) is 11.3 Å². The van der Waals surface area contributed by atoms with Gasteiger partial charge in [0.1, 0.15) is 12.2 Å². The van der Waals surface area contributed by atoms with Crippen LogP contribution in [0.1, 0.15) is 46.1 Å². The molecule has 8 nitrogen and oxygen atoms in total. The molecule has 1 aromatic carbocycles. The van der Waals surface area contributed by atoms with E-state index in [9.17, 15) is 14.4 Å². The van der Waals surface area contributed by atoms with E-state index in [0.29, 0.717) is 32.5 Å². The first-order valence-corrected chi connectivity index (χ1v) is 11.2. The maximum atomic E-state index is 12.8. The standard InChI is InChI=1S/C24H34N2O6/c1-5-30-20(27)19-15-26(21(28)31-16-18-9-7-6-8-10-18)17-24(19)11-13-25(14-12-24)22(29)32-23(2,3)4/h6-10,19H,5,11-17H2,1-4H3/t19-/m0/s1. The Balaban J connectivity index is 1.66. The van der Waals surface area contributed by atoms with E-state index in [2.05, 4.69) is 0 Å². The molecule has 176 valence electrons. The highest BCUT2D eigenvalue weighted by Crippen LogP contribution is 2.45. The van der Waals surface area contributed by atoms with Gasteiger partial charge in [-0.1, -0.05) is 30.3 Å². The lowest BCUT2D eigenvalue weighted by molar-refractivity contribution is -0.152. The third kappa shape index (κ3) is 5.72. The van der Waals surface area contributed by atoms with Gasteiger partial charge in [-0.05, 0) is 46.1 Å². The molecule has 2 heterocycles. The molecule has 32 heavy (non-hydrogen) atoms. The minimum Gasteiger partial charge on any atom is -0.466 e. The smallest absolute Gasteiger partial charge is 0.410 e. The van der Waals surface area contributed by atoms with Crippen molar-refractivity contribution in [3.8, 4) is 0 Å². The zero-order valence-electron chi connectivity index (χ0n) is 19.5. The van der Waals surface area contributed by atoms with Crippen LogP contribution in [0.25, 0.3) is 0 Å². The number of benzene rings is 1. The van der Waals surface area contributed by atoms with E-state index in [0.717, 1.165) is 5.56 Å². The minimum atomic E-state index is -0.563. The summed E-state index contributed by atoms with van der Waals surface area (Å²) in [6.45, 7) is 9.36. The molecule has 3 rings (SSSR count). The summed E-state index contributed by atoms with van der Waals surface area (Å²) in [4.78, 5) is 41.3. The fourth-order valence-corrected chi connectivity index (χ4v) is 4.45. The zero-order valence-corrected chi connectivity index (χ0v) is 19.5. The second-order valence-electron chi connectivity index (χ2n) is 9.56. The highest BCUT2D eigenvalue weighted by atomic mass is 16.6. The quantitative estimate of drug-likeness (QED) is 0.516. The first-order chi connectivity index (χ1) is 15.1. The number of hydrogen-bond donors (Lipinski definition) is 0. The van der Waals surface area contributed by atoms with Crippen LogP contribution in [0.15, 0.2) is 30.3 Å². The molecular formula is C24H34N2O6. The summed E-state index contributed by atoms with van der Waals surface area (Å²) in [5, 5.41) is 0. The van der Waals surface area contributed by atoms with Crippen molar-refractivity contribution >= 4 is 18.2 Å². The summed E-state index contributed by atoms with van der Waals surface area (Å²) in [6.07, 6.45) is 0.405. The molecule has 1 atom stereocenters. The van der Waals surface area contributed by atoms with E-state index in [1.54, 1.807) is 16.7 Å². The molecule has 0 saturated carbocycles. The highest BCUT2D eigenvalue weighted by molar-refractivity contribution is 5.77. The number of piperidine rings is 1. The van der Waals surface area contributed by atoms with Gasteiger partial charge < -0.3 is 24.0 Å². The van der Waals surface area contributed by atoms with E-state index in [-0.39, 0.29) is 31.8 Å². The van der Waals surface area contributed by atoms with Gasteiger partial charge in [-0.3, -0.25) is 4.79 Å². The Morgan fingerprint density at radius 1 is 1.00 bits per heavy atom. The van der Waals surface area contributed by atoms with E-state index >= 15 is 0 Å². The third-order valence-corrected chi connectivity index (χ3v) is 6.09. The lowest BCUT2D eigenvalue weighted by atomic mass is 9.71. The average molecular weight is 447 g/mol. The van der Waals surface area contributed by atoms with E-state index < -0.39 is 23.0 Å². The summed E-state index contributed by atoms with van der Waals surface area (Å²) in [5.41, 5.74) is -0.0922. The van der Waals surface area contributed by atoms with Gasteiger partial charge in [-0.2, -0.15) is 0 Å². The second-order valence-corrected chi connectivity index (χ2v) is 9.56. The van der Waals surface area contributed by atoms with Crippen LogP contribution < -0.4 is 0 Å². The summed E-state index contributed by atoms with van der Waals surface area (Å²) in [7, 11) is 0. The number of ether oxygens (including phenoxy) is 3. The van der Waals surface area contributed by atoms with Gasteiger partial charge >= 0.3 is 18.2 Å². The lowest BCUT2D eigenvalue weighted by Crippen LogP contribution is -2.49. The fourth-order valence-electron chi connectivity index (χ4n) is 4.45. The van der Waals surface area contributed by atoms with Crippen LogP contribution in [0.2, 0.25) is 0 Å². The zero-order chi connectivity index (χ0) is 23.4. The van der Waals surface area contributed by atoms with Crippen molar-refractivity contribution in [3.63, 3.8) is 0 Å². The molecule has 0 aromatic heterocycles. The van der Waals surface area contributed by atoms with Crippen molar-refractivity contribution in [3.05, 3.63) is 35.9 Å². The Bertz CT molecular complexity index is 812. The van der Waals surface area contributed by atoms with Crippen LogP contribution in [0.5, 0.6) is 0 Å². The van der Waals surface area contributed by atoms with Crippen LogP contribution in [0.3, 0.4) is 0 Å². The van der Waals surface area contributed by atoms with Crippen molar-refractivity contribution in [2.75, 3.05) is 32.8 Å².